The van der Waals surface area contributed by atoms with Gasteiger partial charge in [-0.25, -0.2) is 0 Å². The highest BCUT2D eigenvalue weighted by atomic mass is 28.3. The van der Waals surface area contributed by atoms with Crippen LogP contribution in [0.15, 0.2) is 54.6 Å². The van der Waals surface area contributed by atoms with Gasteiger partial charge in [-0.1, -0.05) is 61.5 Å². The predicted octanol–water partition coefficient (Wildman–Crippen LogP) is 3.78. The fraction of sp³-hybridized carbons (Fsp3) is 0.200. The first-order chi connectivity index (χ1) is 7.68. The molecule has 0 fully saturated rings. The van der Waals surface area contributed by atoms with Crippen LogP contribution in [0.5, 0.6) is 0 Å². The summed E-state index contributed by atoms with van der Waals surface area (Å²) in [5, 5.41) is 0. The van der Waals surface area contributed by atoms with Crippen molar-refractivity contribution in [1.82, 2.24) is 0 Å². The Bertz CT molecular complexity index is 457. The van der Waals surface area contributed by atoms with Crippen molar-refractivity contribution in [3.8, 4) is 11.5 Å². The Morgan fingerprint density at radius 2 is 1.62 bits per heavy atom. The highest BCUT2D eigenvalue weighted by molar-refractivity contribution is 6.87. The van der Waals surface area contributed by atoms with Gasteiger partial charge in [0, 0.05) is 11.1 Å². The monoisotopic (exact) mass is 224 g/mol. The first-order valence-electron chi connectivity index (χ1n) is 5.62. The summed E-state index contributed by atoms with van der Waals surface area (Å²) in [6, 6.07) is 10.2. The zero-order chi connectivity index (χ0) is 11.4. The number of hydrogen-bond donors (Lipinski definition) is 0. The largest absolute Gasteiger partial charge is 0.143 e. The maximum atomic E-state index is 3.50. The Balaban J connectivity index is 2.18. The molecule has 0 aliphatic heterocycles. The first kappa shape index (κ1) is 11.0. The SMILES string of the molecule is C[Si](C)(C#Cc1ccccc1)C1C=CC=C1. The zero-order valence-electron chi connectivity index (χ0n) is 9.77. The van der Waals surface area contributed by atoms with Crippen LogP contribution in [0.25, 0.3) is 0 Å². The third-order valence-electron chi connectivity index (χ3n) is 2.88. The van der Waals surface area contributed by atoms with E-state index in [4.69, 9.17) is 0 Å². The minimum absolute atomic E-state index is 0.573. The highest BCUT2D eigenvalue weighted by Gasteiger charge is 2.27. The topological polar surface area (TPSA) is 0 Å². The minimum atomic E-state index is -1.49. The van der Waals surface area contributed by atoms with Crippen LogP contribution >= 0.6 is 0 Å². The van der Waals surface area contributed by atoms with Gasteiger partial charge in [-0.05, 0) is 12.1 Å². The van der Waals surface area contributed by atoms with Crippen LogP contribution in [-0.2, 0) is 0 Å². The van der Waals surface area contributed by atoms with Crippen molar-refractivity contribution in [2.45, 2.75) is 18.6 Å². The standard InChI is InChI=1S/C15H16Si/c1-16(2,15-10-6-7-11-15)13-12-14-8-4-3-5-9-14/h3-11,15H,1-2H3. The van der Waals surface area contributed by atoms with Crippen LogP contribution in [0, 0.1) is 11.5 Å². The lowest BCUT2D eigenvalue weighted by Crippen LogP contribution is -2.28. The first-order valence-corrected chi connectivity index (χ1v) is 8.69. The second-order valence-electron chi connectivity index (χ2n) is 4.63. The summed E-state index contributed by atoms with van der Waals surface area (Å²) in [6.07, 6.45) is 8.80. The van der Waals surface area contributed by atoms with Gasteiger partial charge in [0.2, 0.25) is 0 Å². The normalized spacial score (nSPS) is 14.9. The summed E-state index contributed by atoms with van der Waals surface area (Å²) in [6.45, 7) is 4.65. The van der Waals surface area contributed by atoms with Gasteiger partial charge in [0.1, 0.15) is 8.07 Å². The minimum Gasteiger partial charge on any atom is -0.126 e. The van der Waals surface area contributed by atoms with Gasteiger partial charge in [0.25, 0.3) is 0 Å². The van der Waals surface area contributed by atoms with E-state index in [0.29, 0.717) is 5.54 Å². The molecule has 0 heterocycles. The Labute approximate surface area is 98.7 Å². The molecule has 1 aliphatic carbocycles. The van der Waals surface area contributed by atoms with Gasteiger partial charge in [0.05, 0.1) is 0 Å². The number of benzene rings is 1. The summed E-state index contributed by atoms with van der Waals surface area (Å²) in [7, 11) is -1.49. The van der Waals surface area contributed by atoms with Crippen LogP contribution < -0.4 is 0 Å². The van der Waals surface area contributed by atoms with E-state index in [1.54, 1.807) is 0 Å². The van der Waals surface area contributed by atoms with Crippen molar-refractivity contribution in [1.29, 1.82) is 0 Å². The maximum Gasteiger partial charge on any atom is 0.143 e. The van der Waals surface area contributed by atoms with E-state index in [-0.39, 0.29) is 0 Å². The second-order valence-corrected chi connectivity index (χ2v) is 8.99. The molecule has 1 heteroatoms. The van der Waals surface area contributed by atoms with Crippen molar-refractivity contribution in [3.05, 3.63) is 60.2 Å². The molecule has 0 N–H and O–H groups in total. The molecule has 0 spiro atoms. The molecule has 0 radical (unpaired) electrons. The third-order valence-corrected chi connectivity index (χ3v) is 5.71. The summed E-state index contributed by atoms with van der Waals surface area (Å²) in [5.41, 5.74) is 5.20. The summed E-state index contributed by atoms with van der Waals surface area (Å²) >= 11 is 0. The van der Waals surface area contributed by atoms with Gasteiger partial charge < -0.3 is 0 Å². The van der Waals surface area contributed by atoms with Crippen LogP contribution in [0.2, 0.25) is 18.6 Å². The average Bonchev–Trinajstić information content (AvgIpc) is 2.82. The highest BCUT2D eigenvalue weighted by Crippen LogP contribution is 2.27. The molecule has 0 atom stereocenters. The average molecular weight is 224 g/mol. The molecule has 1 aromatic carbocycles. The van der Waals surface area contributed by atoms with E-state index in [1.807, 2.05) is 18.2 Å². The van der Waals surface area contributed by atoms with E-state index in [2.05, 4.69) is 61.0 Å². The lowest BCUT2D eigenvalue weighted by molar-refractivity contribution is 1.32. The number of allylic oxidation sites excluding steroid dienone is 4. The molecule has 0 bridgehead atoms. The van der Waals surface area contributed by atoms with E-state index in [9.17, 15) is 0 Å². The van der Waals surface area contributed by atoms with Crippen LogP contribution in [0.3, 0.4) is 0 Å². The molecule has 80 valence electrons. The quantitative estimate of drug-likeness (QED) is 0.503. The van der Waals surface area contributed by atoms with Crippen molar-refractivity contribution < 1.29 is 0 Å². The molecule has 0 unspecified atom stereocenters. The lowest BCUT2D eigenvalue weighted by atomic mass is 10.2. The molecular weight excluding hydrogens is 208 g/mol. The molecule has 16 heavy (non-hydrogen) atoms. The number of rotatable bonds is 1. The summed E-state index contributed by atoms with van der Waals surface area (Å²) in [4.78, 5) is 0. The van der Waals surface area contributed by atoms with Gasteiger partial charge >= 0.3 is 0 Å². The number of hydrogen-bond acceptors (Lipinski definition) is 0. The second kappa shape index (κ2) is 4.55. The molecule has 0 saturated heterocycles. The third kappa shape index (κ3) is 2.53. The van der Waals surface area contributed by atoms with Crippen LogP contribution in [-0.4, -0.2) is 8.07 Å². The van der Waals surface area contributed by atoms with Crippen molar-refractivity contribution in [3.63, 3.8) is 0 Å². The van der Waals surface area contributed by atoms with E-state index in [1.165, 1.54) is 0 Å². The Morgan fingerprint density at radius 1 is 1.00 bits per heavy atom. The molecular formula is C15H16Si. The van der Waals surface area contributed by atoms with Crippen molar-refractivity contribution in [2.24, 2.45) is 0 Å². The zero-order valence-corrected chi connectivity index (χ0v) is 10.8. The summed E-state index contributed by atoms with van der Waals surface area (Å²) < 4.78 is 0. The Morgan fingerprint density at radius 3 is 2.25 bits per heavy atom. The smallest absolute Gasteiger partial charge is 0.126 e. The Kier molecular flexibility index (Phi) is 3.12. The van der Waals surface area contributed by atoms with Crippen molar-refractivity contribution >= 4 is 8.07 Å². The van der Waals surface area contributed by atoms with Gasteiger partial charge in [-0.3, -0.25) is 0 Å². The molecule has 1 aromatic rings. The fourth-order valence-corrected chi connectivity index (χ4v) is 3.57. The molecule has 0 nitrogen and oxygen atoms in total. The van der Waals surface area contributed by atoms with Gasteiger partial charge in [0.15, 0.2) is 0 Å². The molecule has 1 aliphatic rings. The van der Waals surface area contributed by atoms with Crippen LogP contribution in [0.4, 0.5) is 0 Å². The molecule has 0 amide bonds. The van der Waals surface area contributed by atoms with E-state index >= 15 is 0 Å². The van der Waals surface area contributed by atoms with Gasteiger partial charge in [-0.15, -0.1) is 5.54 Å². The molecule has 2 rings (SSSR count). The van der Waals surface area contributed by atoms with E-state index in [0.717, 1.165) is 5.56 Å². The predicted molar refractivity (Wildman–Crippen MR) is 72.8 cm³/mol. The molecule has 0 saturated carbocycles. The summed E-state index contributed by atoms with van der Waals surface area (Å²) in [5.74, 6) is 3.31. The van der Waals surface area contributed by atoms with Gasteiger partial charge in [-0.2, -0.15) is 0 Å². The molecule has 0 aromatic heterocycles. The Hall–Kier alpha value is -1.52. The maximum absolute atomic E-state index is 3.50. The van der Waals surface area contributed by atoms with E-state index < -0.39 is 8.07 Å². The fourth-order valence-electron chi connectivity index (χ4n) is 1.75. The lowest BCUT2D eigenvalue weighted by Gasteiger charge is -2.19. The van der Waals surface area contributed by atoms with Crippen molar-refractivity contribution in [2.75, 3.05) is 0 Å². The van der Waals surface area contributed by atoms with Crippen LogP contribution in [0.1, 0.15) is 5.56 Å².